The van der Waals surface area contributed by atoms with Crippen molar-refractivity contribution in [3.63, 3.8) is 0 Å². The lowest BCUT2D eigenvalue weighted by Crippen LogP contribution is -2.39. The van der Waals surface area contributed by atoms with Crippen molar-refractivity contribution < 1.29 is 14.3 Å². The third kappa shape index (κ3) is 5.20. The molecule has 0 spiro atoms. The van der Waals surface area contributed by atoms with Crippen LogP contribution in [0.2, 0.25) is 0 Å². The van der Waals surface area contributed by atoms with Crippen LogP contribution >= 0.6 is 12.2 Å². The molecule has 2 N–H and O–H groups in total. The van der Waals surface area contributed by atoms with Gasteiger partial charge in [-0.25, -0.2) is 4.79 Å². The zero-order valence-electron chi connectivity index (χ0n) is 14.4. The van der Waals surface area contributed by atoms with Crippen LogP contribution in [0.3, 0.4) is 0 Å². The van der Waals surface area contributed by atoms with Crippen LogP contribution in [0.15, 0.2) is 54.6 Å². The maximum absolute atomic E-state index is 11.7. The number of benzene rings is 2. The lowest BCUT2D eigenvalue weighted by molar-refractivity contribution is -0.145. The highest BCUT2D eigenvalue weighted by Crippen LogP contribution is 2.30. The quantitative estimate of drug-likeness (QED) is 0.444. The predicted molar refractivity (Wildman–Crippen MR) is 104 cm³/mol. The monoisotopic (exact) mass is 370 g/mol. The van der Waals surface area contributed by atoms with E-state index in [1.165, 1.54) is 11.1 Å². The number of ether oxygens (including phenoxy) is 2. The van der Waals surface area contributed by atoms with Gasteiger partial charge in [-0.2, -0.15) is 0 Å². The van der Waals surface area contributed by atoms with Gasteiger partial charge in [0.15, 0.2) is 11.7 Å². The van der Waals surface area contributed by atoms with Crippen molar-refractivity contribution >= 4 is 23.3 Å². The minimum Gasteiger partial charge on any atom is -0.482 e. The molecule has 6 heteroatoms. The van der Waals surface area contributed by atoms with Gasteiger partial charge < -0.3 is 20.1 Å². The minimum absolute atomic E-state index is 0.106. The summed E-state index contributed by atoms with van der Waals surface area (Å²) in [5, 5.41) is 6.97. The van der Waals surface area contributed by atoms with Crippen LogP contribution in [-0.4, -0.2) is 30.8 Å². The van der Waals surface area contributed by atoms with Crippen LogP contribution in [0.5, 0.6) is 5.75 Å². The molecule has 1 unspecified atom stereocenters. The Morgan fingerprint density at radius 2 is 1.88 bits per heavy atom. The number of thiocarbonyl (C=S) groups is 1. The van der Waals surface area contributed by atoms with Crippen molar-refractivity contribution in [2.75, 3.05) is 19.8 Å². The summed E-state index contributed by atoms with van der Waals surface area (Å²) in [6.45, 7) is 0.586. The van der Waals surface area contributed by atoms with Crippen molar-refractivity contribution in [1.82, 2.24) is 10.6 Å². The Labute approximate surface area is 158 Å². The normalized spacial score (nSPS) is 15.0. The summed E-state index contributed by atoms with van der Waals surface area (Å²) < 4.78 is 10.5. The van der Waals surface area contributed by atoms with E-state index in [9.17, 15) is 4.79 Å². The lowest BCUT2D eigenvalue weighted by Gasteiger charge is -2.17. The largest absolute Gasteiger partial charge is 0.482 e. The molecule has 0 aromatic heterocycles. The molecular formula is C20H22N2O3S. The Bertz CT molecular complexity index is 752. The van der Waals surface area contributed by atoms with Gasteiger partial charge in [0, 0.05) is 0 Å². The molecule has 0 fully saturated rings. The number of carbonyl (C=O) groups excluding carboxylic acids is 1. The van der Waals surface area contributed by atoms with Gasteiger partial charge in [0.1, 0.15) is 12.4 Å². The summed E-state index contributed by atoms with van der Waals surface area (Å²) in [6.07, 6.45) is 2.10. The number of para-hydroxylation sites is 1. The van der Waals surface area contributed by atoms with E-state index in [1.807, 2.05) is 24.3 Å². The first kappa shape index (κ1) is 18.2. The summed E-state index contributed by atoms with van der Waals surface area (Å²) in [6, 6.07) is 17.8. The second-order valence-corrected chi connectivity index (χ2v) is 6.42. The summed E-state index contributed by atoms with van der Waals surface area (Å²) >= 11 is 5.33. The van der Waals surface area contributed by atoms with Crippen LogP contribution in [0.4, 0.5) is 0 Å². The van der Waals surface area contributed by atoms with Crippen molar-refractivity contribution in [3.05, 3.63) is 65.7 Å². The summed E-state index contributed by atoms with van der Waals surface area (Å²) in [7, 11) is 0. The number of hydrogen-bond donors (Lipinski definition) is 2. The predicted octanol–water partition coefficient (Wildman–Crippen LogP) is 2.76. The molecule has 1 aliphatic rings. The third-order valence-electron chi connectivity index (χ3n) is 4.19. The van der Waals surface area contributed by atoms with E-state index < -0.39 is 5.97 Å². The molecule has 0 amide bonds. The fraction of sp³-hybridized carbons (Fsp3) is 0.300. The van der Waals surface area contributed by atoms with Gasteiger partial charge >= 0.3 is 5.97 Å². The van der Waals surface area contributed by atoms with Crippen molar-refractivity contribution in [2.45, 2.75) is 18.9 Å². The second-order valence-electron chi connectivity index (χ2n) is 6.01. The average molecular weight is 370 g/mol. The van der Waals surface area contributed by atoms with E-state index in [2.05, 4.69) is 28.8 Å². The highest BCUT2D eigenvalue weighted by atomic mass is 32.1. The number of rotatable bonds is 7. The Morgan fingerprint density at radius 1 is 1.12 bits per heavy atom. The van der Waals surface area contributed by atoms with Crippen LogP contribution in [0.1, 0.15) is 23.6 Å². The standard InChI is InChI=1S/C20H22N2O3S/c23-19(14-25-16-7-2-1-3-8-16)24-13-12-21-20(26)22-18-11-10-15-6-4-5-9-17(15)18/h1-9,18H,10-14H2,(H2,21,22,26). The maximum Gasteiger partial charge on any atom is 0.344 e. The zero-order chi connectivity index (χ0) is 18.2. The lowest BCUT2D eigenvalue weighted by atomic mass is 10.1. The molecule has 26 heavy (non-hydrogen) atoms. The van der Waals surface area contributed by atoms with E-state index in [4.69, 9.17) is 21.7 Å². The van der Waals surface area contributed by atoms with Crippen LogP contribution in [0, 0.1) is 0 Å². The van der Waals surface area contributed by atoms with Gasteiger partial charge in [0.05, 0.1) is 12.6 Å². The summed E-state index contributed by atoms with van der Waals surface area (Å²) in [5.74, 6) is 0.240. The number of carbonyl (C=O) groups is 1. The fourth-order valence-electron chi connectivity index (χ4n) is 2.95. The molecule has 2 aromatic rings. The highest BCUT2D eigenvalue weighted by Gasteiger charge is 2.22. The average Bonchev–Trinajstić information content (AvgIpc) is 3.07. The fourth-order valence-corrected chi connectivity index (χ4v) is 3.19. The highest BCUT2D eigenvalue weighted by molar-refractivity contribution is 7.80. The smallest absolute Gasteiger partial charge is 0.344 e. The van der Waals surface area contributed by atoms with Crippen LogP contribution < -0.4 is 15.4 Å². The summed E-state index contributed by atoms with van der Waals surface area (Å²) in [4.78, 5) is 11.7. The van der Waals surface area contributed by atoms with Crippen molar-refractivity contribution in [2.24, 2.45) is 0 Å². The van der Waals surface area contributed by atoms with E-state index in [0.717, 1.165) is 12.8 Å². The summed E-state index contributed by atoms with van der Waals surface area (Å²) in [5.41, 5.74) is 2.68. The van der Waals surface area contributed by atoms with Gasteiger partial charge in [0.2, 0.25) is 0 Å². The van der Waals surface area contributed by atoms with Crippen molar-refractivity contribution in [3.8, 4) is 5.75 Å². The van der Waals surface area contributed by atoms with E-state index in [1.54, 1.807) is 12.1 Å². The number of fused-ring (bicyclic) bond motifs is 1. The molecule has 0 aliphatic heterocycles. The van der Waals surface area contributed by atoms with E-state index >= 15 is 0 Å². The number of aryl methyl sites for hydroxylation is 1. The van der Waals surface area contributed by atoms with Crippen LogP contribution in [0.25, 0.3) is 0 Å². The SMILES string of the molecule is O=C(COc1ccccc1)OCCNC(=S)NC1CCc2ccccc21. The molecule has 0 bridgehead atoms. The molecule has 0 saturated carbocycles. The Hall–Kier alpha value is -2.60. The van der Waals surface area contributed by atoms with Crippen LogP contribution in [-0.2, 0) is 16.0 Å². The second kappa shape index (κ2) is 9.20. The molecule has 0 heterocycles. The Balaban J connectivity index is 1.30. The Morgan fingerprint density at radius 3 is 2.73 bits per heavy atom. The number of nitrogens with one attached hydrogen (secondary N) is 2. The molecule has 136 valence electrons. The molecule has 1 atom stereocenters. The van der Waals surface area contributed by atoms with Gasteiger partial charge in [-0.15, -0.1) is 0 Å². The molecule has 3 rings (SSSR count). The topological polar surface area (TPSA) is 59.6 Å². The maximum atomic E-state index is 11.7. The van der Waals surface area contributed by atoms with Gasteiger partial charge in [-0.05, 0) is 48.3 Å². The van der Waals surface area contributed by atoms with Gasteiger partial charge in [-0.1, -0.05) is 42.5 Å². The molecule has 0 radical (unpaired) electrons. The van der Waals surface area contributed by atoms with Gasteiger partial charge in [0.25, 0.3) is 0 Å². The molecule has 2 aromatic carbocycles. The number of esters is 1. The molecule has 0 saturated heterocycles. The number of hydrogen-bond acceptors (Lipinski definition) is 4. The van der Waals surface area contributed by atoms with Gasteiger partial charge in [-0.3, -0.25) is 0 Å². The van der Waals surface area contributed by atoms with E-state index in [-0.39, 0.29) is 19.3 Å². The first-order chi connectivity index (χ1) is 12.7. The van der Waals surface area contributed by atoms with E-state index in [0.29, 0.717) is 17.4 Å². The molecular weight excluding hydrogens is 348 g/mol. The van der Waals surface area contributed by atoms with Crippen molar-refractivity contribution in [1.29, 1.82) is 0 Å². The zero-order valence-corrected chi connectivity index (χ0v) is 15.3. The third-order valence-corrected chi connectivity index (χ3v) is 4.45. The molecule has 1 aliphatic carbocycles. The minimum atomic E-state index is -0.403. The first-order valence-corrected chi connectivity index (χ1v) is 9.09. The molecule has 5 nitrogen and oxygen atoms in total. The Kier molecular flexibility index (Phi) is 6.44. The first-order valence-electron chi connectivity index (χ1n) is 8.68.